The molecule has 0 saturated carbocycles. The maximum absolute atomic E-state index is 11.6. The largest absolute Gasteiger partial charge is 0.348 e. The van der Waals surface area contributed by atoms with Gasteiger partial charge in [0.15, 0.2) is 5.78 Å². The minimum absolute atomic E-state index is 0.0245. The van der Waals surface area contributed by atoms with E-state index in [1.54, 1.807) is 0 Å². The first-order valence-electron chi connectivity index (χ1n) is 5.87. The van der Waals surface area contributed by atoms with Gasteiger partial charge in [-0.3, -0.25) is 4.79 Å². The predicted molar refractivity (Wildman–Crippen MR) is 68.5 cm³/mol. The summed E-state index contributed by atoms with van der Waals surface area (Å²) in [5.41, 5.74) is 2.99. The zero-order chi connectivity index (χ0) is 12.1. The molecule has 0 spiro atoms. The summed E-state index contributed by atoms with van der Waals surface area (Å²) in [4.78, 5) is 11.6. The quantitative estimate of drug-likeness (QED) is 0.423. The molecule has 1 heterocycles. The van der Waals surface area contributed by atoms with Crippen molar-refractivity contribution in [1.82, 2.24) is 4.57 Å². The van der Waals surface area contributed by atoms with E-state index < -0.39 is 0 Å². The second-order valence-electron chi connectivity index (χ2n) is 4.20. The van der Waals surface area contributed by atoms with E-state index in [-0.39, 0.29) is 11.7 Å². The van der Waals surface area contributed by atoms with Gasteiger partial charge in [-0.15, -0.1) is 11.6 Å². The van der Waals surface area contributed by atoms with Crippen LogP contribution in [0.5, 0.6) is 0 Å². The standard InChI is InChI=1S/C13H20ClNO/c1-4-5-6-7-15-10(2)8-12(11(15)3)13(16)9-14/h8H,4-7,9H2,1-3H3. The first kappa shape index (κ1) is 13.3. The molecule has 0 aliphatic rings. The van der Waals surface area contributed by atoms with E-state index in [0.29, 0.717) is 0 Å². The highest BCUT2D eigenvalue weighted by atomic mass is 35.5. The third-order valence-corrected chi connectivity index (χ3v) is 3.22. The smallest absolute Gasteiger partial charge is 0.179 e. The third-order valence-electron chi connectivity index (χ3n) is 2.98. The Bertz CT molecular complexity index is 368. The molecule has 0 bridgehead atoms. The van der Waals surface area contributed by atoms with Crippen LogP contribution >= 0.6 is 11.6 Å². The molecular formula is C13H20ClNO. The monoisotopic (exact) mass is 241 g/mol. The first-order chi connectivity index (χ1) is 7.61. The van der Waals surface area contributed by atoms with Crippen LogP contribution in [-0.4, -0.2) is 16.2 Å². The van der Waals surface area contributed by atoms with Gasteiger partial charge >= 0.3 is 0 Å². The molecule has 0 aliphatic carbocycles. The minimum atomic E-state index is 0.0245. The minimum Gasteiger partial charge on any atom is -0.348 e. The maximum Gasteiger partial charge on any atom is 0.179 e. The number of rotatable bonds is 6. The van der Waals surface area contributed by atoms with Crippen LogP contribution in [0.15, 0.2) is 6.07 Å². The van der Waals surface area contributed by atoms with Gasteiger partial charge in [0, 0.05) is 23.5 Å². The van der Waals surface area contributed by atoms with Crippen molar-refractivity contribution >= 4 is 17.4 Å². The fourth-order valence-electron chi connectivity index (χ4n) is 2.02. The molecular weight excluding hydrogens is 222 g/mol. The van der Waals surface area contributed by atoms with Gasteiger partial charge in [-0.1, -0.05) is 19.8 Å². The van der Waals surface area contributed by atoms with Crippen LogP contribution < -0.4 is 0 Å². The topological polar surface area (TPSA) is 22.0 Å². The summed E-state index contributed by atoms with van der Waals surface area (Å²) in [6.45, 7) is 7.24. The summed E-state index contributed by atoms with van der Waals surface area (Å²) in [5.74, 6) is 0.0932. The lowest BCUT2D eigenvalue weighted by Gasteiger charge is -2.08. The van der Waals surface area contributed by atoms with Crippen molar-refractivity contribution in [3.8, 4) is 0 Å². The number of aryl methyl sites for hydroxylation is 1. The first-order valence-corrected chi connectivity index (χ1v) is 6.41. The molecule has 1 rings (SSSR count). The highest BCUT2D eigenvalue weighted by Gasteiger charge is 2.14. The second kappa shape index (κ2) is 6.09. The lowest BCUT2D eigenvalue weighted by Crippen LogP contribution is -2.06. The average Bonchev–Trinajstić information content (AvgIpc) is 2.56. The van der Waals surface area contributed by atoms with Crippen molar-refractivity contribution < 1.29 is 4.79 Å². The molecule has 3 heteroatoms. The van der Waals surface area contributed by atoms with Crippen LogP contribution in [-0.2, 0) is 6.54 Å². The summed E-state index contributed by atoms with van der Waals surface area (Å²) in [5, 5.41) is 0. The molecule has 0 aromatic carbocycles. The Morgan fingerprint density at radius 1 is 1.38 bits per heavy atom. The number of hydrogen-bond acceptors (Lipinski definition) is 1. The van der Waals surface area contributed by atoms with Crippen LogP contribution in [0.3, 0.4) is 0 Å². The van der Waals surface area contributed by atoms with Crippen LogP contribution in [0.2, 0.25) is 0 Å². The molecule has 1 aromatic rings. The zero-order valence-corrected chi connectivity index (χ0v) is 11.1. The summed E-state index contributed by atoms with van der Waals surface area (Å²) in [6.07, 6.45) is 3.62. The van der Waals surface area contributed by atoms with Crippen LogP contribution in [0, 0.1) is 13.8 Å². The molecule has 0 atom stereocenters. The summed E-state index contributed by atoms with van der Waals surface area (Å²) < 4.78 is 2.22. The van der Waals surface area contributed by atoms with E-state index in [9.17, 15) is 4.79 Å². The van der Waals surface area contributed by atoms with Gasteiger partial charge in [0.25, 0.3) is 0 Å². The summed E-state index contributed by atoms with van der Waals surface area (Å²) >= 11 is 5.59. The van der Waals surface area contributed by atoms with Crippen molar-refractivity contribution in [1.29, 1.82) is 0 Å². The number of aromatic nitrogens is 1. The predicted octanol–water partition coefficient (Wildman–Crippen LogP) is 3.72. The second-order valence-corrected chi connectivity index (χ2v) is 4.47. The Hall–Kier alpha value is -0.760. The van der Waals surface area contributed by atoms with Crippen LogP contribution in [0.25, 0.3) is 0 Å². The van der Waals surface area contributed by atoms with Gasteiger partial charge in [-0.05, 0) is 26.3 Å². The number of carbonyl (C=O) groups excluding carboxylic acids is 1. The van der Waals surface area contributed by atoms with Gasteiger partial charge in [-0.25, -0.2) is 0 Å². The van der Waals surface area contributed by atoms with Gasteiger partial charge in [0.05, 0.1) is 5.88 Å². The van der Waals surface area contributed by atoms with E-state index in [0.717, 1.165) is 23.5 Å². The van der Waals surface area contributed by atoms with Crippen molar-refractivity contribution in [3.05, 3.63) is 23.0 Å². The van der Waals surface area contributed by atoms with Gasteiger partial charge in [0.2, 0.25) is 0 Å². The Labute approximate surface area is 103 Å². The summed E-state index contributed by atoms with van der Waals surface area (Å²) in [7, 11) is 0. The number of ketones is 1. The fourth-order valence-corrected chi connectivity index (χ4v) is 2.16. The van der Waals surface area contributed by atoms with Crippen molar-refractivity contribution in [2.75, 3.05) is 5.88 Å². The molecule has 0 aliphatic heterocycles. The Morgan fingerprint density at radius 2 is 2.06 bits per heavy atom. The van der Waals surface area contributed by atoms with Gasteiger partial charge in [0.1, 0.15) is 0 Å². The number of hydrogen-bond donors (Lipinski definition) is 0. The molecule has 0 saturated heterocycles. The molecule has 0 amide bonds. The molecule has 16 heavy (non-hydrogen) atoms. The molecule has 2 nitrogen and oxygen atoms in total. The van der Waals surface area contributed by atoms with E-state index in [1.165, 1.54) is 19.3 Å². The van der Waals surface area contributed by atoms with Crippen molar-refractivity contribution in [2.45, 2.75) is 46.6 Å². The molecule has 0 N–H and O–H groups in total. The van der Waals surface area contributed by atoms with E-state index in [2.05, 4.69) is 11.5 Å². The van der Waals surface area contributed by atoms with Gasteiger partial charge in [-0.2, -0.15) is 0 Å². The van der Waals surface area contributed by atoms with Crippen molar-refractivity contribution in [3.63, 3.8) is 0 Å². The van der Waals surface area contributed by atoms with E-state index in [1.807, 2.05) is 19.9 Å². The van der Waals surface area contributed by atoms with Gasteiger partial charge < -0.3 is 4.57 Å². The Balaban J connectivity index is 2.85. The Morgan fingerprint density at radius 3 is 2.62 bits per heavy atom. The number of nitrogens with zero attached hydrogens (tertiary/aromatic N) is 1. The third kappa shape index (κ3) is 2.88. The highest BCUT2D eigenvalue weighted by molar-refractivity contribution is 6.30. The number of Topliss-reactive ketones (excluding diaryl/α,β-unsaturated/α-hetero) is 1. The maximum atomic E-state index is 11.6. The van der Waals surface area contributed by atoms with E-state index in [4.69, 9.17) is 11.6 Å². The molecule has 0 unspecified atom stereocenters. The molecule has 0 fully saturated rings. The molecule has 1 aromatic heterocycles. The molecule has 0 radical (unpaired) electrons. The average molecular weight is 242 g/mol. The molecule has 90 valence electrons. The number of unbranched alkanes of at least 4 members (excludes halogenated alkanes) is 2. The summed E-state index contributed by atoms with van der Waals surface area (Å²) in [6, 6.07) is 1.95. The number of halogens is 1. The lowest BCUT2D eigenvalue weighted by molar-refractivity contribution is 0.102. The fraction of sp³-hybridized carbons (Fsp3) is 0.615. The Kier molecular flexibility index (Phi) is 5.07. The van der Waals surface area contributed by atoms with E-state index >= 15 is 0 Å². The zero-order valence-electron chi connectivity index (χ0n) is 10.3. The number of carbonyl (C=O) groups is 1. The normalized spacial score (nSPS) is 10.8. The number of alkyl halides is 1. The SMILES string of the molecule is CCCCCn1c(C)cc(C(=O)CCl)c1C. The highest BCUT2D eigenvalue weighted by Crippen LogP contribution is 2.17. The van der Waals surface area contributed by atoms with Crippen LogP contribution in [0.4, 0.5) is 0 Å². The van der Waals surface area contributed by atoms with Crippen molar-refractivity contribution in [2.24, 2.45) is 0 Å². The van der Waals surface area contributed by atoms with Crippen LogP contribution in [0.1, 0.15) is 47.9 Å². The lowest BCUT2D eigenvalue weighted by atomic mass is 10.2.